The third kappa shape index (κ3) is 4.19. The minimum atomic E-state index is -0.895. The summed E-state index contributed by atoms with van der Waals surface area (Å²) in [5.41, 5.74) is 6.40. The Morgan fingerprint density at radius 1 is 1.17 bits per heavy atom. The predicted octanol–water partition coefficient (Wildman–Crippen LogP) is 3.38. The van der Waals surface area contributed by atoms with Crippen LogP contribution in [0, 0.1) is 11.6 Å². The van der Waals surface area contributed by atoms with E-state index in [1.807, 2.05) is 0 Å². The molecule has 0 aliphatic carbocycles. The summed E-state index contributed by atoms with van der Waals surface area (Å²) >= 11 is 5.89. The van der Waals surface area contributed by atoms with Crippen LogP contribution in [0.4, 0.5) is 20.3 Å². The third-order valence-electron chi connectivity index (χ3n) is 6.90. The van der Waals surface area contributed by atoms with Crippen LogP contribution in [0.2, 0.25) is 5.02 Å². The zero-order chi connectivity index (χ0) is 25.6. The Bertz CT molecular complexity index is 1300. The van der Waals surface area contributed by atoms with E-state index in [9.17, 15) is 23.2 Å². The van der Waals surface area contributed by atoms with Crippen molar-refractivity contribution in [3.8, 4) is 0 Å². The predicted molar refractivity (Wildman–Crippen MR) is 128 cm³/mol. The first-order valence-corrected chi connectivity index (χ1v) is 12.0. The fourth-order valence-electron chi connectivity index (χ4n) is 4.96. The highest BCUT2D eigenvalue weighted by Gasteiger charge is 2.44. The molecule has 0 bridgehead atoms. The number of anilines is 2. The van der Waals surface area contributed by atoms with Crippen molar-refractivity contribution in [2.75, 3.05) is 30.3 Å². The van der Waals surface area contributed by atoms with Gasteiger partial charge in [-0.2, -0.15) is 0 Å². The highest BCUT2D eigenvalue weighted by Crippen LogP contribution is 2.40. The van der Waals surface area contributed by atoms with Gasteiger partial charge >= 0.3 is 5.97 Å². The molecule has 3 aliphatic rings. The molecule has 11 heteroatoms. The standard InChI is InChI=1S/C25H23ClF2N4O4/c26-16-3-4-17(29)21(23(16)28)13-10-14-2-5-18(32(14)20(34)11-13)25(35)36-12-19(33)15-6-7-30-24(22(15)27)31-8-1-9-31/h3-4,6-7,11,14,18H,1-2,5,8-10,12,29H2/t14-,18+/m1/s1. The smallest absolute Gasteiger partial charge is 0.329 e. The van der Waals surface area contributed by atoms with Crippen LogP contribution >= 0.6 is 11.6 Å². The van der Waals surface area contributed by atoms with Crippen LogP contribution in [-0.4, -0.2) is 59.3 Å². The number of ether oxygens (including phenoxy) is 1. The van der Waals surface area contributed by atoms with Crippen molar-refractivity contribution in [1.29, 1.82) is 0 Å². The number of carbonyl (C=O) groups is 3. The number of halogens is 3. The first-order valence-electron chi connectivity index (χ1n) is 11.6. The van der Waals surface area contributed by atoms with Crippen LogP contribution in [0.5, 0.6) is 0 Å². The van der Waals surface area contributed by atoms with Crippen LogP contribution in [0.3, 0.4) is 0 Å². The van der Waals surface area contributed by atoms with Crippen molar-refractivity contribution in [2.24, 2.45) is 0 Å². The number of nitrogens with zero attached hydrogens (tertiary/aromatic N) is 3. The molecule has 2 atom stereocenters. The van der Waals surface area contributed by atoms with Crippen LogP contribution in [0.1, 0.15) is 41.6 Å². The Balaban J connectivity index is 1.27. The lowest BCUT2D eigenvalue weighted by atomic mass is 9.92. The molecular formula is C25H23ClF2N4O4. The normalized spacial score (nSPS) is 21.1. The van der Waals surface area contributed by atoms with Gasteiger partial charge in [-0.25, -0.2) is 18.6 Å². The van der Waals surface area contributed by atoms with Gasteiger partial charge < -0.3 is 20.3 Å². The zero-order valence-corrected chi connectivity index (χ0v) is 19.9. The molecule has 0 spiro atoms. The summed E-state index contributed by atoms with van der Waals surface area (Å²) in [7, 11) is 0. The summed E-state index contributed by atoms with van der Waals surface area (Å²) < 4.78 is 34.6. The van der Waals surface area contributed by atoms with Gasteiger partial charge in [-0.1, -0.05) is 11.6 Å². The molecule has 0 saturated carbocycles. The molecule has 4 heterocycles. The number of esters is 1. The molecule has 5 rings (SSSR count). The van der Waals surface area contributed by atoms with Crippen molar-refractivity contribution in [1.82, 2.24) is 9.88 Å². The number of nitrogen functional groups attached to an aromatic ring is 1. The summed E-state index contributed by atoms with van der Waals surface area (Å²) in [6.45, 7) is 0.666. The number of benzene rings is 1. The Morgan fingerprint density at radius 3 is 2.67 bits per heavy atom. The fraction of sp³-hybridized carbons (Fsp3) is 0.360. The second-order valence-corrected chi connectivity index (χ2v) is 9.47. The summed E-state index contributed by atoms with van der Waals surface area (Å²) in [5.74, 6) is -3.26. The fourth-order valence-corrected chi connectivity index (χ4v) is 5.12. The number of rotatable bonds is 6. The van der Waals surface area contributed by atoms with E-state index >= 15 is 0 Å². The lowest BCUT2D eigenvalue weighted by Crippen LogP contribution is -2.47. The minimum Gasteiger partial charge on any atom is -0.456 e. The monoisotopic (exact) mass is 516 g/mol. The number of Topliss-reactive ketones (excluding diaryl/α,β-unsaturated/α-hetero) is 1. The van der Waals surface area contributed by atoms with Crippen LogP contribution in [0.25, 0.3) is 5.57 Å². The van der Waals surface area contributed by atoms with E-state index in [0.29, 0.717) is 31.5 Å². The average molecular weight is 517 g/mol. The first-order chi connectivity index (χ1) is 17.3. The zero-order valence-electron chi connectivity index (χ0n) is 19.2. The topological polar surface area (TPSA) is 106 Å². The summed E-state index contributed by atoms with van der Waals surface area (Å²) in [4.78, 5) is 45.5. The van der Waals surface area contributed by atoms with E-state index < -0.39 is 41.9 Å². The molecule has 8 nitrogen and oxygen atoms in total. The number of hydrogen-bond acceptors (Lipinski definition) is 7. The van der Waals surface area contributed by atoms with Crippen LogP contribution in [-0.2, 0) is 14.3 Å². The molecule has 1 aromatic carbocycles. The molecule has 0 unspecified atom stereocenters. The number of hydrogen-bond donors (Lipinski definition) is 1. The number of aromatic nitrogens is 1. The largest absolute Gasteiger partial charge is 0.456 e. The molecule has 1 aromatic heterocycles. The van der Waals surface area contributed by atoms with E-state index in [1.165, 1.54) is 35.4 Å². The van der Waals surface area contributed by atoms with Crippen LogP contribution < -0.4 is 10.6 Å². The van der Waals surface area contributed by atoms with E-state index in [-0.39, 0.29) is 40.1 Å². The number of fused-ring (bicyclic) bond motifs is 1. The molecule has 2 fully saturated rings. The number of amides is 1. The van der Waals surface area contributed by atoms with Crippen molar-refractivity contribution in [2.45, 2.75) is 37.8 Å². The Hall–Kier alpha value is -3.53. The van der Waals surface area contributed by atoms with Crippen LogP contribution in [0.15, 0.2) is 30.5 Å². The van der Waals surface area contributed by atoms with E-state index in [1.54, 1.807) is 4.90 Å². The van der Waals surface area contributed by atoms with Gasteiger partial charge in [-0.3, -0.25) is 9.59 Å². The maximum atomic E-state index is 14.8. The molecule has 3 aliphatic heterocycles. The summed E-state index contributed by atoms with van der Waals surface area (Å²) in [6.07, 6.45) is 4.61. The Morgan fingerprint density at radius 2 is 1.94 bits per heavy atom. The Kier molecular flexibility index (Phi) is 6.38. The second-order valence-electron chi connectivity index (χ2n) is 9.06. The van der Waals surface area contributed by atoms with Gasteiger partial charge in [0.2, 0.25) is 11.7 Å². The Labute approximate surface area is 210 Å². The molecule has 2 aromatic rings. The lowest BCUT2D eigenvalue weighted by molar-refractivity contribution is -0.152. The maximum absolute atomic E-state index is 14.8. The van der Waals surface area contributed by atoms with Gasteiger partial charge in [0.25, 0.3) is 0 Å². The molecule has 2 saturated heterocycles. The van der Waals surface area contributed by atoms with Gasteiger partial charge in [0.1, 0.15) is 6.04 Å². The number of ketones is 1. The summed E-state index contributed by atoms with van der Waals surface area (Å²) in [6, 6.07) is 2.82. The summed E-state index contributed by atoms with van der Waals surface area (Å²) in [5, 5.41) is -0.102. The quantitative estimate of drug-likeness (QED) is 0.356. The van der Waals surface area contributed by atoms with Gasteiger partial charge in [0.15, 0.2) is 24.1 Å². The maximum Gasteiger partial charge on any atom is 0.329 e. The average Bonchev–Trinajstić information content (AvgIpc) is 3.25. The van der Waals surface area contributed by atoms with E-state index in [0.717, 1.165) is 6.42 Å². The molecule has 188 valence electrons. The molecular weight excluding hydrogens is 494 g/mol. The van der Waals surface area contributed by atoms with Crippen molar-refractivity contribution in [3.05, 3.63) is 58.3 Å². The number of carbonyl (C=O) groups excluding carboxylic acids is 3. The van der Waals surface area contributed by atoms with Gasteiger partial charge in [0, 0.05) is 42.7 Å². The van der Waals surface area contributed by atoms with E-state index in [2.05, 4.69) is 4.98 Å². The SMILES string of the molecule is Nc1ccc(Cl)c(F)c1C1=CC(=O)N2[C@H](CC[C@H]2C(=O)OCC(=O)c2ccnc(N3CCC3)c2F)C1. The third-order valence-corrected chi connectivity index (χ3v) is 7.19. The van der Waals surface area contributed by atoms with Crippen molar-refractivity contribution >= 4 is 46.3 Å². The van der Waals surface area contributed by atoms with Crippen molar-refractivity contribution < 1.29 is 27.9 Å². The molecule has 0 radical (unpaired) electrons. The number of pyridine rings is 1. The van der Waals surface area contributed by atoms with Gasteiger partial charge in [0.05, 0.1) is 10.6 Å². The lowest BCUT2D eigenvalue weighted by Gasteiger charge is -2.33. The molecule has 1 amide bonds. The number of nitrogens with two attached hydrogens (primary N) is 1. The van der Waals surface area contributed by atoms with E-state index in [4.69, 9.17) is 22.1 Å². The molecule has 36 heavy (non-hydrogen) atoms. The van der Waals surface area contributed by atoms with Gasteiger partial charge in [-0.05, 0) is 49.5 Å². The minimum absolute atomic E-state index is 0.0871. The second kappa shape index (κ2) is 9.50. The highest BCUT2D eigenvalue weighted by atomic mass is 35.5. The van der Waals surface area contributed by atoms with Gasteiger partial charge in [-0.15, -0.1) is 0 Å². The van der Waals surface area contributed by atoms with Crippen molar-refractivity contribution in [3.63, 3.8) is 0 Å². The molecule has 2 N–H and O–H groups in total. The first kappa shape index (κ1) is 24.2. The highest BCUT2D eigenvalue weighted by molar-refractivity contribution is 6.31.